The fraction of sp³-hybridized carbons (Fsp3) is 0.0909. The second-order valence-corrected chi connectivity index (χ2v) is 3.67. The fourth-order valence-electron chi connectivity index (χ4n) is 1.42. The summed E-state index contributed by atoms with van der Waals surface area (Å²) in [7, 11) is 1.93. The summed E-state index contributed by atoms with van der Waals surface area (Å²) in [6.45, 7) is 0. The summed E-state index contributed by atoms with van der Waals surface area (Å²) in [5, 5.41) is 0.739. The molecule has 1 aromatic carbocycles. The lowest BCUT2D eigenvalue weighted by molar-refractivity contribution is 0.942. The van der Waals surface area contributed by atoms with Crippen molar-refractivity contribution in [3.05, 3.63) is 41.6 Å². The van der Waals surface area contributed by atoms with Crippen LogP contribution in [-0.2, 0) is 7.05 Å². The minimum atomic E-state index is 0.739. The summed E-state index contributed by atoms with van der Waals surface area (Å²) in [6, 6.07) is 9.66. The maximum absolute atomic E-state index is 5.90. The van der Waals surface area contributed by atoms with Crippen LogP contribution in [0.2, 0.25) is 5.02 Å². The first-order valence-electron chi connectivity index (χ1n) is 4.35. The third kappa shape index (κ3) is 1.49. The highest BCUT2D eigenvalue weighted by Crippen LogP contribution is 2.27. The van der Waals surface area contributed by atoms with E-state index >= 15 is 0 Å². The fourth-order valence-corrected chi connectivity index (χ4v) is 1.54. The second-order valence-electron chi connectivity index (χ2n) is 3.23. The molecule has 0 saturated carbocycles. The third-order valence-corrected chi connectivity index (χ3v) is 2.53. The lowest BCUT2D eigenvalue weighted by Crippen LogP contribution is -1.95. The van der Waals surface area contributed by atoms with E-state index in [1.54, 1.807) is 0 Å². The number of aromatic nitrogens is 1. The van der Waals surface area contributed by atoms with Gasteiger partial charge in [-0.15, -0.1) is 0 Å². The van der Waals surface area contributed by atoms with Gasteiger partial charge in [0.2, 0.25) is 0 Å². The molecule has 2 aromatic rings. The molecular weight excluding hydrogens is 196 g/mol. The van der Waals surface area contributed by atoms with Crippen LogP contribution in [0, 0.1) is 0 Å². The van der Waals surface area contributed by atoms with Crippen molar-refractivity contribution in [3.63, 3.8) is 0 Å². The number of halogens is 1. The largest absolute Gasteiger partial charge is 0.385 e. The zero-order chi connectivity index (χ0) is 10.1. The lowest BCUT2D eigenvalue weighted by atomic mass is 10.1. The van der Waals surface area contributed by atoms with E-state index in [4.69, 9.17) is 17.3 Å². The van der Waals surface area contributed by atoms with Crippen molar-refractivity contribution in [2.75, 3.05) is 5.73 Å². The maximum atomic E-state index is 5.90. The molecule has 14 heavy (non-hydrogen) atoms. The Bertz CT molecular complexity index is 443. The van der Waals surface area contributed by atoms with E-state index in [0.717, 1.165) is 22.0 Å². The van der Waals surface area contributed by atoms with Gasteiger partial charge in [-0.1, -0.05) is 23.7 Å². The van der Waals surface area contributed by atoms with Gasteiger partial charge in [0, 0.05) is 23.8 Å². The van der Waals surface area contributed by atoms with Gasteiger partial charge in [0.15, 0.2) is 0 Å². The molecule has 2 nitrogen and oxygen atoms in total. The molecule has 2 N–H and O–H groups in total. The van der Waals surface area contributed by atoms with Crippen LogP contribution in [0.1, 0.15) is 0 Å². The van der Waals surface area contributed by atoms with Gasteiger partial charge in [0.05, 0.1) is 0 Å². The van der Waals surface area contributed by atoms with Crippen molar-refractivity contribution in [2.24, 2.45) is 7.05 Å². The smallest absolute Gasteiger partial charge is 0.111 e. The van der Waals surface area contributed by atoms with Gasteiger partial charge in [-0.05, 0) is 23.8 Å². The number of benzene rings is 1. The molecule has 2 rings (SSSR count). The van der Waals surface area contributed by atoms with Gasteiger partial charge in [0.1, 0.15) is 5.82 Å². The SMILES string of the molecule is Cn1ccc(-c2ccc(Cl)cc2)c1N. The minimum absolute atomic E-state index is 0.739. The van der Waals surface area contributed by atoms with Crippen LogP contribution >= 0.6 is 11.6 Å². The van der Waals surface area contributed by atoms with E-state index in [0.29, 0.717) is 0 Å². The topological polar surface area (TPSA) is 30.9 Å². The van der Waals surface area contributed by atoms with E-state index in [1.165, 1.54) is 0 Å². The summed E-state index contributed by atoms with van der Waals surface area (Å²) >= 11 is 5.81. The summed E-state index contributed by atoms with van der Waals surface area (Å²) in [5.41, 5.74) is 8.04. The number of nitrogens with two attached hydrogens (primary N) is 1. The van der Waals surface area contributed by atoms with Crippen molar-refractivity contribution < 1.29 is 0 Å². The number of anilines is 1. The lowest BCUT2D eigenvalue weighted by Gasteiger charge is -2.02. The number of rotatable bonds is 1. The average molecular weight is 207 g/mol. The minimum Gasteiger partial charge on any atom is -0.385 e. The molecular formula is C11H11ClN2. The average Bonchev–Trinajstić information content (AvgIpc) is 2.50. The zero-order valence-corrected chi connectivity index (χ0v) is 8.62. The quantitative estimate of drug-likeness (QED) is 0.764. The van der Waals surface area contributed by atoms with Crippen molar-refractivity contribution >= 4 is 17.4 Å². The maximum Gasteiger partial charge on any atom is 0.111 e. The summed E-state index contributed by atoms with van der Waals surface area (Å²) in [6.07, 6.45) is 1.94. The molecule has 0 unspecified atom stereocenters. The summed E-state index contributed by atoms with van der Waals surface area (Å²) in [4.78, 5) is 0. The third-order valence-electron chi connectivity index (χ3n) is 2.28. The molecule has 3 heteroatoms. The molecule has 0 amide bonds. The van der Waals surface area contributed by atoms with Gasteiger partial charge in [0.25, 0.3) is 0 Å². The molecule has 0 radical (unpaired) electrons. The number of hydrogen-bond donors (Lipinski definition) is 1. The molecule has 1 aromatic heterocycles. The van der Waals surface area contributed by atoms with Crippen LogP contribution in [0.3, 0.4) is 0 Å². The highest BCUT2D eigenvalue weighted by Gasteiger charge is 2.04. The molecule has 72 valence electrons. The van der Waals surface area contributed by atoms with Crippen LogP contribution in [0.15, 0.2) is 36.5 Å². The Morgan fingerprint density at radius 3 is 2.29 bits per heavy atom. The van der Waals surface area contributed by atoms with E-state index in [9.17, 15) is 0 Å². The molecule has 0 spiro atoms. The first-order chi connectivity index (χ1) is 6.68. The number of nitrogens with zero attached hydrogens (tertiary/aromatic N) is 1. The van der Waals surface area contributed by atoms with Gasteiger partial charge >= 0.3 is 0 Å². The number of hydrogen-bond acceptors (Lipinski definition) is 1. The molecule has 0 saturated heterocycles. The van der Waals surface area contributed by atoms with Crippen LogP contribution in [0.25, 0.3) is 11.1 Å². The highest BCUT2D eigenvalue weighted by atomic mass is 35.5. The molecule has 0 fully saturated rings. The molecule has 0 atom stereocenters. The van der Waals surface area contributed by atoms with Crippen molar-refractivity contribution in [1.29, 1.82) is 0 Å². The van der Waals surface area contributed by atoms with Gasteiger partial charge < -0.3 is 10.3 Å². The Labute approximate surface area is 87.9 Å². The predicted octanol–water partition coefficient (Wildman–Crippen LogP) is 2.93. The molecule has 1 heterocycles. The molecule has 0 aliphatic rings. The van der Waals surface area contributed by atoms with E-state index in [-0.39, 0.29) is 0 Å². The molecule has 0 aliphatic carbocycles. The van der Waals surface area contributed by atoms with E-state index in [2.05, 4.69) is 0 Å². The zero-order valence-electron chi connectivity index (χ0n) is 7.87. The van der Waals surface area contributed by atoms with Crippen molar-refractivity contribution in [2.45, 2.75) is 0 Å². The van der Waals surface area contributed by atoms with E-state index in [1.807, 2.05) is 48.1 Å². The molecule has 0 aliphatic heterocycles. The number of nitrogen functional groups attached to an aromatic ring is 1. The van der Waals surface area contributed by atoms with Gasteiger partial charge in [-0.3, -0.25) is 0 Å². The van der Waals surface area contributed by atoms with E-state index < -0.39 is 0 Å². The van der Waals surface area contributed by atoms with Crippen molar-refractivity contribution in [3.8, 4) is 11.1 Å². The standard InChI is InChI=1S/C11H11ClN2/c1-14-7-6-10(11(14)13)8-2-4-9(12)5-3-8/h2-7H,13H2,1H3. The Morgan fingerprint density at radius 2 is 1.79 bits per heavy atom. The molecule has 0 bridgehead atoms. The first kappa shape index (κ1) is 9.16. The van der Waals surface area contributed by atoms with Crippen LogP contribution < -0.4 is 5.73 Å². The first-order valence-corrected chi connectivity index (χ1v) is 4.73. The normalized spacial score (nSPS) is 10.4. The second kappa shape index (κ2) is 3.39. The van der Waals surface area contributed by atoms with Crippen molar-refractivity contribution in [1.82, 2.24) is 4.57 Å². The summed E-state index contributed by atoms with van der Waals surface area (Å²) < 4.78 is 1.89. The van der Waals surface area contributed by atoms with Gasteiger partial charge in [-0.2, -0.15) is 0 Å². The number of aryl methyl sites for hydroxylation is 1. The predicted molar refractivity (Wildman–Crippen MR) is 60.3 cm³/mol. The monoisotopic (exact) mass is 206 g/mol. The van der Waals surface area contributed by atoms with Crippen LogP contribution in [0.5, 0.6) is 0 Å². The van der Waals surface area contributed by atoms with Gasteiger partial charge in [-0.25, -0.2) is 0 Å². The Kier molecular flexibility index (Phi) is 2.22. The summed E-state index contributed by atoms with van der Waals surface area (Å²) in [5.74, 6) is 0.771. The van der Waals surface area contributed by atoms with Crippen LogP contribution in [0.4, 0.5) is 5.82 Å². The Morgan fingerprint density at radius 1 is 1.14 bits per heavy atom. The Hall–Kier alpha value is -1.41. The van der Waals surface area contributed by atoms with Crippen LogP contribution in [-0.4, -0.2) is 4.57 Å². The Balaban J connectivity index is 2.49. The highest BCUT2D eigenvalue weighted by molar-refractivity contribution is 6.30.